The van der Waals surface area contributed by atoms with Crippen molar-refractivity contribution in [2.45, 2.75) is 13.8 Å². The van der Waals surface area contributed by atoms with Gasteiger partial charge in [0, 0.05) is 29.2 Å². The molecule has 0 amide bonds. The van der Waals surface area contributed by atoms with Crippen molar-refractivity contribution in [1.29, 1.82) is 5.26 Å². The minimum atomic E-state index is 0.600. The summed E-state index contributed by atoms with van der Waals surface area (Å²) in [5.41, 5.74) is 8.94. The molecule has 28 heavy (non-hydrogen) atoms. The minimum Gasteiger partial charge on any atom is -0.339 e. The van der Waals surface area contributed by atoms with Gasteiger partial charge in [0.25, 0.3) is 0 Å². The predicted octanol–water partition coefficient (Wildman–Crippen LogP) is 4.63. The number of nitrogens with zero attached hydrogens (tertiary/aromatic N) is 5. The van der Waals surface area contributed by atoms with Gasteiger partial charge in [-0.1, -0.05) is 29.8 Å². The van der Waals surface area contributed by atoms with Gasteiger partial charge in [-0.25, -0.2) is 9.97 Å². The van der Waals surface area contributed by atoms with E-state index >= 15 is 0 Å². The molecule has 0 atom stereocenters. The molecule has 0 unspecified atom stereocenters. The van der Waals surface area contributed by atoms with E-state index in [0.717, 1.165) is 32.6 Å². The van der Waals surface area contributed by atoms with E-state index in [1.807, 2.05) is 24.6 Å². The summed E-state index contributed by atoms with van der Waals surface area (Å²) in [7, 11) is 1.87. The number of anilines is 1. The number of aryl methyl sites for hydroxylation is 1. The average Bonchev–Trinajstić information content (AvgIpc) is 3.26. The molecule has 0 radical (unpaired) electrons. The van der Waals surface area contributed by atoms with E-state index in [2.05, 4.69) is 63.1 Å². The van der Waals surface area contributed by atoms with Gasteiger partial charge in [0.2, 0.25) is 0 Å². The van der Waals surface area contributed by atoms with Crippen molar-refractivity contribution in [2.75, 3.05) is 5.43 Å². The molecule has 6 nitrogen and oxygen atoms in total. The van der Waals surface area contributed by atoms with Gasteiger partial charge in [-0.3, -0.25) is 5.43 Å². The molecule has 0 spiro atoms. The van der Waals surface area contributed by atoms with Gasteiger partial charge < -0.3 is 4.57 Å². The average molecular weight is 386 g/mol. The highest BCUT2D eigenvalue weighted by atomic mass is 32.1. The molecular formula is C21H18N6S. The Labute approximate surface area is 166 Å². The van der Waals surface area contributed by atoms with Crippen molar-refractivity contribution in [2.24, 2.45) is 12.1 Å². The highest BCUT2D eigenvalue weighted by Gasteiger charge is 2.13. The van der Waals surface area contributed by atoms with Gasteiger partial charge in [-0.2, -0.15) is 10.4 Å². The van der Waals surface area contributed by atoms with Crippen molar-refractivity contribution in [3.05, 3.63) is 64.6 Å². The second-order valence-electron chi connectivity index (χ2n) is 6.53. The molecule has 7 heteroatoms. The van der Waals surface area contributed by atoms with Crippen LogP contribution >= 0.6 is 11.3 Å². The van der Waals surface area contributed by atoms with Crippen LogP contribution in [0.25, 0.3) is 21.3 Å². The van der Waals surface area contributed by atoms with Crippen LogP contribution in [-0.4, -0.2) is 20.7 Å². The lowest BCUT2D eigenvalue weighted by Gasteiger charge is -2.05. The van der Waals surface area contributed by atoms with E-state index in [0.29, 0.717) is 11.5 Å². The topological polar surface area (TPSA) is 78.9 Å². The third-order valence-corrected chi connectivity index (χ3v) is 5.68. The third kappa shape index (κ3) is 3.15. The fourth-order valence-corrected chi connectivity index (χ4v) is 3.95. The zero-order valence-corrected chi connectivity index (χ0v) is 16.6. The standard InChI is InChI=1S/C21H18N6S/c1-13-4-6-15(7-5-13)18-11-28-21-19(18)20(23-12-24-21)26-25-10-16-8-17(9-22)27(3)14(16)2/h4-8,10-12H,1-3H3,(H,23,24,26)/b25-10-. The van der Waals surface area contributed by atoms with E-state index in [4.69, 9.17) is 5.26 Å². The summed E-state index contributed by atoms with van der Waals surface area (Å²) >= 11 is 1.59. The van der Waals surface area contributed by atoms with E-state index in [-0.39, 0.29) is 0 Å². The lowest BCUT2D eigenvalue weighted by atomic mass is 10.0. The molecule has 0 saturated heterocycles. The van der Waals surface area contributed by atoms with Crippen LogP contribution in [0.4, 0.5) is 5.82 Å². The second-order valence-corrected chi connectivity index (χ2v) is 7.39. The Morgan fingerprint density at radius 2 is 2.00 bits per heavy atom. The highest BCUT2D eigenvalue weighted by molar-refractivity contribution is 7.17. The molecule has 3 aromatic heterocycles. The normalized spacial score (nSPS) is 11.2. The van der Waals surface area contributed by atoms with Crippen LogP contribution in [0.3, 0.4) is 0 Å². The fourth-order valence-electron chi connectivity index (χ4n) is 3.03. The largest absolute Gasteiger partial charge is 0.339 e. The van der Waals surface area contributed by atoms with Gasteiger partial charge in [0.05, 0.1) is 11.6 Å². The Bertz CT molecular complexity index is 1220. The van der Waals surface area contributed by atoms with Crippen molar-refractivity contribution in [3.63, 3.8) is 0 Å². The smallest absolute Gasteiger partial charge is 0.159 e. The molecule has 1 N–H and O–H groups in total. The molecule has 4 aromatic rings. The molecular weight excluding hydrogens is 368 g/mol. The van der Waals surface area contributed by atoms with Gasteiger partial charge >= 0.3 is 0 Å². The fraction of sp³-hybridized carbons (Fsp3) is 0.143. The van der Waals surface area contributed by atoms with Gasteiger partial charge in [-0.15, -0.1) is 11.3 Å². The molecule has 0 saturated carbocycles. The number of aromatic nitrogens is 3. The number of thiophene rings is 1. The number of nitriles is 1. The number of hydrogen-bond acceptors (Lipinski definition) is 6. The van der Waals surface area contributed by atoms with Crippen molar-refractivity contribution >= 4 is 33.6 Å². The molecule has 4 rings (SSSR count). The first-order valence-corrected chi connectivity index (χ1v) is 9.61. The van der Waals surface area contributed by atoms with Gasteiger partial charge in [-0.05, 0) is 25.5 Å². The van der Waals surface area contributed by atoms with Gasteiger partial charge in [0.15, 0.2) is 5.82 Å². The predicted molar refractivity (Wildman–Crippen MR) is 114 cm³/mol. The number of fused-ring (bicyclic) bond motifs is 1. The first-order valence-electron chi connectivity index (χ1n) is 8.73. The number of hydrogen-bond donors (Lipinski definition) is 1. The van der Waals surface area contributed by atoms with E-state index in [1.165, 1.54) is 11.9 Å². The lowest BCUT2D eigenvalue weighted by molar-refractivity contribution is 0.865. The molecule has 0 bridgehead atoms. The Kier molecular flexibility index (Phi) is 4.63. The SMILES string of the molecule is Cc1ccc(-c2csc3ncnc(N/N=C\c4cc(C#N)n(C)c4C)c23)cc1. The summed E-state index contributed by atoms with van der Waals surface area (Å²) in [6.07, 6.45) is 3.25. The molecule has 0 aliphatic carbocycles. The summed E-state index contributed by atoms with van der Waals surface area (Å²) in [6.45, 7) is 4.03. The number of hydrazone groups is 1. The molecule has 0 aliphatic heterocycles. The van der Waals surface area contributed by atoms with Crippen LogP contribution in [0.1, 0.15) is 22.5 Å². The Hall–Kier alpha value is -3.50. The molecule has 0 aliphatic rings. The lowest BCUT2D eigenvalue weighted by Crippen LogP contribution is -1.97. The zero-order valence-electron chi connectivity index (χ0n) is 15.8. The van der Waals surface area contributed by atoms with Crippen molar-refractivity contribution in [1.82, 2.24) is 14.5 Å². The number of nitrogens with one attached hydrogen (secondary N) is 1. The van der Waals surface area contributed by atoms with Crippen LogP contribution in [0, 0.1) is 25.2 Å². The van der Waals surface area contributed by atoms with Crippen LogP contribution < -0.4 is 5.43 Å². The second kappa shape index (κ2) is 7.25. The minimum absolute atomic E-state index is 0.600. The summed E-state index contributed by atoms with van der Waals surface area (Å²) in [5, 5.41) is 16.6. The van der Waals surface area contributed by atoms with Crippen LogP contribution in [0.5, 0.6) is 0 Å². The van der Waals surface area contributed by atoms with E-state index in [1.54, 1.807) is 17.6 Å². The Morgan fingerprint density at radius 3 is 2.71 bits per heavy atom. The molecule has 0 fully saturated rings. The maximum Gasteiger partial charge on any atom is 0.159 e. The van der Waals surface area contributed by atoms with E-state index < -0.39 is 0 Å². The highest BCUT2D eigenvalue weighted by Crippen LogP contribution is 2.36. The van der Waals surface area contributed by atoms with Crippen molar-refractivity contribution in [3.8, 4) is 17.2 Å². The van der Waals surface area contributed by atoms with Crippen LogP contribution in [-0.2, 0) is 7.05 Å². The quantitative estimate of drug-likeness (QED) is 0.410. The van der Waals surface area contributed by atoms with E-state index in [9.17, 15) is 0 Å². The summed E-state index contributed by atoms with van der Waals surface area (Å²) in [5.74, 6) is 0.659. The number of rotatable bonds is 4. The Morgan fingerprint density at radius 1 is 1.21 bits per heavy atom. The maximum absolute atomic E-state index is 9.16. The molecule has 138 valence electrons. The Balaban J connectivity index is 1.69. The first kappa shape index (κ1) is 17.9. The van der Waals surface area contributed by atoms with Crippen molar-refractivity contribution < 1.29 is 0 Å². The molecule has 1 aromatic carbocycles. The summed E-state index contributed by atoms with van der Waals surface area (Å²) in [6, 6.07) is 12.4. The third-order valence-electron chi connectivity index (χ3n) is 4.80. The number of benzene rings is 1. The summed E-state index contributed by atoms with van der Waals surface area (Å²) < 4.78 is 1.85. The van der Waals surface area contributed by atoms with Crippen LogP contribution in [0.2, 0.25) is 0 Å². The summed E-state index contributed by atoms with van der Waals surface area (Å²) in [4.78, 5) is 9.68. The van der Waals surface area contributed by atoms with Gasteiger partial charge in [0.1, 0.15) is 22.9 Å². The monoisotopic (exact) mass is 386 g/mol. The van der Waals surface area contributed by atoms with Crippen LogP contribution in [0.15, 0.2) is 47.1 Å². The molecule has 3 heterocycles. The first-order chi connectivity index (χ1) is 13.6. The maximum atomic E-state index is 9.16. The zero-order chi connectivity index (χ0) is 19.7.